The lowest BCUT2D eigenvalue weighted by molar-refractivity contribution is 0.415. The number of nitrogens with one attached hydrogen (secondary N) is 1. The fourth-order valence-corrected chi connectivity index (χ4v) is 3.33. The van der Waals surface area contributed by atoms with Gasteiger partial charge in [-0.05, 0) is 49.4 Å². The third kappa shape index (κ3) is 2.96. The van der Waals surface area contributed by atoms with Gasteiger partial charge in [-0.3, -0.25) is 5.41 Å². The van der Waals surface area contributed by atoms with Gasteiger partial charge in [0.25, 0.3) is 0 Å². The monoisotopic (exact) mass is 323 g/mol. The smallest absolute Gasteiger partial charge is 0.133 e. The molecule has 23 heavy (non-hydrogen) atoms. The van der Waals surface area contributed by atoms with E-state index in [1.165, 1.54) is 4.88 Å². The predicted octanol–water partition coefficient (Wildman–Crippen LogP) is 4.13. The highest BCUT2D eigenvalue weighted by atomic mass is 32.1. The Kier molecular flexibility index (Phi) is 4.12. The summed E-state index contributed by atoms with van der Waals surface area (Å²) < 4.78 is 5.17. The van der Waals surface area contributed by atoms with E-state index >= 15 is 0 Å². The van der Waals surface area contributed by atoms with Crippen LogP contribution in [0.2, 0.25) is 0 Å². The van der Waals surface area contributed by atoms with Crippen LogP contribution in [0.25, 0.3) is 10.4 Å². The fraction of sp³-hybridized carbons (Fsp3) is 0.111. The number of hydrogen-bond acceptors (Lipinski definition) is 5. The molecule has 0 saturated carbocycles. The molecular formula is C18H17N3OS. The molecular weight excluding hydrogens is 306 g/mol. The van der Waals surface area contributed by atoms with Gasteiger partial charge in [0.15, 0.2) is 0 Å². The second-order valence-corrected chi connectivity index (χ2v) is 6.42. The zero-order valence-corrected chi connectivity index (χ0v) is 13.8. The lowest BCUT2D eigenvalue weighted by Crippen LogP contribution is -2.09. The van der Waals surface area contributed by atoms with Gasteiger partial charge in [0.2, 0.25) is 0 Å². The number of methoxy groups -OCH3 is 1. The minimum atomic E-state index is 0.360. The van der Waals surface area contributed by atoms with E-state index < -0.39 is 0 Å². The number of pyridine rings is 1. The van der Waals surface area contributed by atoms with Gasteiger partial charge in [-0.15, -0.1) is 11.3 Å². The van der Waals surface area contributed by atoms with Crippen molar-refractivity contribution in [3.8, 4) is 16.2 Å². The van der Waals surface area contributed by atoms with Crippen molar-refractivity contribution in [2.45, 2.75) is 6.92 Å². The second-order valence-electron chi connectivity index (χ2n) is 5.13. The number of nitrogen functional groups attached to an aromatic ring is 1. The zero-order chi connectivity index (χ0) is 16.4. The maximum absolute atomic E-state index is 8.58. The Hall–Kier alpha value is -2.66. The fourth-order valence-electron chi connectivity index (χ4n) is 2.43. The first-order valence-corrected chi connectivity index (χ1v) is 7.96. The van der Waals surface area contributed by atoms with Gasteiger partial charge in [0, 0.05) is 27.1 Å². The topological polar surface area (TPSA) is 72.0 Å². The number of rotatable bonds is 4. The van der Waals surface area contributed by atoms with Crippen molar-refractivity contribution in [1.82, 2.24) is 4.98 Å². The number of aromatic nitrogens is 1. The summed E-state index contributed by atoms with van der Waals surface area (Å²) in [4.78, 5) is 6.48. The number of hydrogen-bond donors (Lipinski definition) is 2. The summed E-state index contributed by atoms with van der Waals surface area (Å²) in [5, 5.41) is 8.58. The third-order valence-corrected chi connectivity index (χ3v) is 4.65. The Morgan fingerprint density at radius 2 is 1.87 bits per heavy atom. The molecule has 0 saturated heterocycles. The van der Waals surface area contributed by atoms with Crippen LogP contribution < -0.4 is 10.5 Å². The Balaban J connectivity index is 2.09. The number of nitrogens with zero attached hydrogens (tertiary/aromatic N) is 1. The molecule has 4 nitrogen and oxygen atoms in total. The van der Waals surface area contributed by atoms with Gasteiger partial charge in [-0.2, -0.15) is 0 Å². The summed E-state index contributed by atoms with van der Waals surface area (Å²) in [6, 6.07) is 13.4. The van der Waals surface area contributed by atoms with Crippen LogP contribution >= 0.6 is 11.3 Å². The van der Waals surface area contributed by atoms with E-state index in [0.29, 0.717) is 17.1 Å². The summed E-state index contributed by atoms with van der Waals surface area (Å²) in [5.74, 6) is 1.13. The molecule has 116 valence electrons. The molecule has 0 spiro atoms. The van der Waals surface area contributed by atoms with Crippen LogP contribution in [0.5, 0.6) is 5.75 Å². The number of benzene rings is 1. The molecule has 0 atom stereocenters. The molecule has 0 fully saturated rings. The van der Waals surface area contributed by atoms with E-state index in [2.05, 4.69) is 24.0 Å². The quantitative estimate of drug-likeness (QED) is 0.709. The molecule has 3 aromatic rings. The largest absolute Gasteiger partial charge is 0.497 e. The standard InChI is InChI=1S/C18H17N3OS/c1-11-3-8-15(23-11)14-9-10-21-18(20)16(14)17(19)12-4-6-13(22-2)7-5-12/h3-10,19H,1-2H3,(H2,20,21). The van der Waals surface area contributed by atoms with Crippen LogP contribution in [0.4, 0.5) is 5.82 Å². The first-order valence-electron chi connectivity index (χ1n) is 7.15. The number of thiophene rings is 1. The molecule has 0 bridgehead atoms. The summed E-state index contributed by atoms with van der Waals surface area (Å²) in [6.07, 6.45) is 1.69. The molecule has 0 amide bonds. The minimum absolute atomic E-state index is 0.360. The molecule has 1 aromatic carbocycles. The highest BCUT2D eigenvalue weighted by Gasteiger charge is 2.17. The molecule has 3 rings (SSSR count). The molecule has 0 radical (unpaired) electrons. The van der Waals surface area contributed by atoms with E-state index in [9.17, 15) is 0 Å². The summed E-state index contributed by atoms with van der Waals surface area (Å²) in [6.45, 7) is 2.06. The number of anilines is 1. The van der Waals surface area contributed by atoms with Crippen molar-refractivity contribution in [3.63, 3.8) is 0 Å². The number of ether oxygens (including phenoxy) is 1. The van der Waals surface area contributed by atoms with E-state index in [4.69, 9.17) is 15.9 Å². The van der Waals surface area contributed by atoms with E-state index in [1.54, 1.807) is 24.6 Å². The van der Waals surface area contributed by atoms with Gasteiger partial charge in [0.1, 0.15) is 11.6 Å². The van der Waals surface area contributed by atoms with Crippen molar-refractivity contribution < 1.29 is 4.74 Å². The third-order valence-electron chi connectivity index (χ3n) is 3.61. The molecule has 5 heteroatoms. The van der Waals surface area contributed by atoms with Crippen LogP contribution in [0.15, 0.2) is 48.7 Å². The van der Waals surface area contributed by atoms with Crippen LogP contribution in [0, 0.1) is 12.3 Å². The minimum Gasteiger partial charge on any atom is -0.497 e. The summed E-state index contributed by atoms with van der Waals surface area (Å²) in [7, 11) is 1.62. The van der Waals surface area contributed by atoms with Crippen LogP contribution in [-0.4, -0.2) is 17.8 Å². The molecule has 2 heterocycles. The molecule has 0 unspecified atom stereocenters. The summed E-state index contributed by atoms with van der Waals surface area (Å²) in [5.41, 5.74) is 8.83. The average molecular weight is 323 g/mol. The van der Waals surface area contributed by atoms with Gasteiger partial charge >= 0.3 is 0 Å². The van der Waals surface area contributed by atoms with Crippen LogP contribution in [0.1, 0.15) is 16.0 Å². The Morgan fingerprint density at radius 3 is 2.48 bits per heavy atom. The van der Waals surface area contributed by atoms with Crippen molar-refractivity contribution in [2.75, 3.05) is 12.8 Å². The number of nitrogens with two attached hydrogens (primary N) is 1. The summed E-state index contributed by atoms with van der Waals surface area (Å²) >= 11 is 1.68. The second kappa shape index (κ2) is 6.22. The van der Waals surface area contributed by atoms with E-state index in [-0.39, 0.29) is 0 Å². The highest BCUT2D eigenvalue weighted by Crippen LogP contribution is 2.33. The zero-order valence-electron chi connectivity index (χ0n) is 13.0. The molecule has 0 aliphatic rings. The maximum Gasteiger partial charge on any atom is 0.133 e. The van der Waals surface area contributed by atoms with E-state index in [0.717, 1.165) is 21.8 Å². The molecule has 0 aliphatic heterocycles. The predicted molar refractivity (Wildman–Crippen MR) is 95.6 cm³/mol. The average Bonchev–Trinajstić information content (AvgIpc) is 3.00. The first kappa shape index (κ1) is 15.2. The van der Waals surface area contributed by atoms with E-state index in [1.807, 2.05) is 30.3 Å². The number of aryl methyl sites for hydroxylation is 1. The van der Waals surface area contributed by atoms with Gasteiger partial charge in [0.05, 0.1) is 18.4 Å². The van der Waals surface area contributed by atoms with Crippen molar-refractivity contribution >= 4 is 22.9 Å². The lowest BCUT2D eigenvalue weighted by atomic mass is 9.97. The first-order chi connectivity index (χ1) is 11.1. The van der Waals surface area contributed by atoms with Gasteiger partial charge in [-0.25, -0.2) is 4.98 Å². The Labute approximate surface area is 139 Å². The Bertz CT molecular complexity index is 853. The molecule has 3 N–H and O–H groups in total. The molecule has 0 aliphatic carbocycles. The van der Waals surface area contributed by atoms with Gasteiger partial charge < -0.3 is 10.5 Å². The molecule has 2 aromatic heterocycles. The van der Waals surface area contributed by atoms with Gasteiger partial charge in [-0.1, -0.05) is 0 Å². The van der Waals surface area contributed by atoms with Crippen LogP contribution in [-0.2, 0) is 0 Å². The van der Waals surface area contributed by atoms with Crippen molar-refractivity contribution in [1.29, 1.82) is 5.41 Å². The van der Waals surface area contributed by atoms with Crippen molar-refractivity contribution in [2.24, 2.45) is 0 Å². The highest BCUT2D eigenvalue weighted by molar-refractivity contribution is 7.15. The maximum atomic E-state index is 8.58. The Morgan fingerprint density at radius 1 is 1.13 bits per heavy atom. The SMILES string of the molecule is COc1ccc(C(=N)c2c(-c3ccc(C)s3)ccnc2N)cc1. The van der Waals surface area contributed by atoms with Crippen molar-refractivity contribution in [3.05, 3.63) is 64.7 Å². The van der Waals surface area contributed by atoms with Crippen LogP contribution in [0.3, 0.4) is 0 Å². The normalized spacial score (nSPS) is 10.5. The lowest BCUT2D eigenvalue weighted by Gasteiger charge is -2.12.